The van der Waals surface area contributed by atoms with E-state index in [1.807, 2.05) is 19.0 Å². The van der Waals surface area contributed by atoms with E-state index in [2.05, 4.69) is 0 Å². The van der Waals surface area contributed by atoms with Crippen LogP contribution in [0.4, 0.5) is 4.39 Å². The predicted octanol–water partition coefficient (Wildman–Crippen LogP) is 3.77. The highest BCUT2D eigenvalue weighted by atomic mass is 35.5. The topological polar surface area (TPSA) is 20.3 Å². The number of hydrogen-bond donors (Lipinski definition) is 0. The van der Waals surface area contributed by atoms with Gasteiger partial charge in [0.1, 0.15) is 5.82 Å². The van der Waals surface area contributed by atoms with Crippen molar-refractivity contribution in [3.8, 4) is 0 Å². The van der Waals surface area contributed by atoms with Crippen molar-refractivity contribution in [3.63, 3.8) is 0 Å². The first-order chi connectivity index (χ1) is 9.49. The lowest BCUT2D eigenvalue weighted by atomic mass is 9.98. The maximum absolute atomic E-state index is 13.8. The van der Waals surface area contributed by atoms with Gasteiger partial charge in [0, 0.05) is 17.1 Å². The Bertz CT molecular complexity index is 640. The van der Waals surface area contributed by atoms with Gasteiger partial charge in [0.05, 0.1) is 5.56 Å². The van der Waals surface area contributed by atoms with Gasteiger partial charge in [-0.1, -0.05) is 29.8 Å². The molecule has 0 N–H and O–H groups in total. The third-order valence-electron chi connectivity index (χ3n) is 2.92. The van der Waals surface area contributed by atoms with Crippen molar-refractivity contribution in [1.29, 1.82) is 0 Å². The Morgan fingerprint density at radius 3 is 2.50 bits per heavy atom. The average molecular weight is 292 g/mol. The summed E-state index contributed by atoms with van der Waals surface area (Å²) in [5.74, 6) is -0.865. The highest BCUT2D eigenvalue weighted by Gasteiger charge is 2.17. The molecule has 0 amide bonds. The summed E-state index contributed by atoms with van der Waals surface area (Å²) < 4.78 is 13.8. The molecule has 104 valence electrons. The number of nitrogens with zero attached hydrogens (tertiary/aromatic N) is 1. The van der Waals surface area contributed by atoms with Crippen molar-refractivity contribution in [1.82, 2.24) is 4.90 Å². The number of halogens is 2. The molecule has 2 aromatic rings. The fourth-order valence-corrected chi connectivity index (χ4v) is 2.20. The molecule has 2 nitrogen and oxygen atoms in total. The number of carbonyl (C=O) groups is 1. The van der Waals surface area contributed by atoms with E-state index in [1.54, 1.807) is 30.3 Å². The van der Waals surface area contributed by atoms with Gasteiger partial charge in [-0.25, -0.2) is 4.39 Å². The largest absolute Gasteiger partial charge is 0.305 e. The van der Waals surface area contributed by atoms with Crippen LogP contribution in [0.2, 0.25) is 5.02 Å². The summed E-state index contributed by atoms with van der Waals surface area (Å²) in [6.07, 6.45) is 0. The molecule has 0 saturated carbocycles. The van der Waals surface area contributed by atoms with Crippen LogP contribution in [-0.4, -0.2) is 24.8 Å². The van der Waals surface area contributed by atoms with Gasteiger partial charge >= 0.3 is 0 Å². The Morgan fingerprint density at radius 2 is 1.85 bits per heavy atom. The monoisotopic (exact) mass is 291 g/mol. The Balaban J connectivity index is 2.48. The van der Waals surface area contributed by atoms with E-state index >= 15 is 0 Å². The number of rotatable bonds is 4. The van der Waals surface area contributed by atoms with Gasteiger partial charge < -0.3 is 4.90 Å². The van der Waals surface area contributed by atoms with Crippen molar-refractivity contribution < 1.29 is 9.18 Å². The van der Waals surface area contributed by atoms with Gasteiger partial charge in [-0.2, -0.15) is 0 Å². The van der Waals surface area contributed by atoms with E-state index in [0.717, 1.165) is 5.56 Å². The Labute approximate surface area is 122 Å². The molecule has 0 spiro atoms. The molecule has 0 unspecified atom stereocenters. The first-order valence-electron chi connectivity index (χ1n) is 6.21. The quantitative estimate of drug-likeness (QED) is 0.799. The summed E-state index contributed by atoms with van der Waals surface area (Å²) in [6.45, 7) is 0.590. The van der Waals surface area contributed by atoms with E-state index in [9.17, 15) is 9.18 Å². The second kappa shape index (κ2) is 6.16. The SMILES string of the molecule is CN(C)Cc1ccc(Cl)cc1C(=O)c1ccccc1F. The molecule has 0 aliphatic heterocycles. The zero-order chi connectivity index (χ0) is 14.7. The highest BCUT2D eigenvalue weighted by Crippen LogP contribution is 2.21. The van der Waals surface area contributed by atoms with E-state index in [-0.39, 0.29) is 11.3 Å². The van der Waals surface area contributed by atoms with Crippen molar-refractivity contribution >= 4 is 17.4 Å². The van der Waals surface area contributed by atoms with Gasteiger partial charge in [0.2, 0.25) is 0 Å². The fraction of sp³-hybridized carbons (Fsp3) is 0.188. The Hall–Kier alpha value is -1.71. The zero-order valence-corrected chi connectivity index (χ0v) is 12.1. The first-order valence-corrected chi connectivity index (χ1v) is 6.59. The number of ketones is 1. The molecule has 0 aromatic heterocycles. The van der Waals surface area contributed by atoms with Crippen LogP contribution >= 0.6 is 11.6 Å². The molecular formula is C16H15ClFNO. The van der Waals surface area contributed by atoms with Crippen LogP contribution in [-0.2, 0) is 6.54 Å². The summed E-state index contributed by atoms with van der Waals surface area (Å²) in [7, 11) is 3.82. The van der Waals surface area contributed by atoms with E-state index in [1.165, 1.54) is 12.1 Å². The molecular weight excluding hydrogens is 277 g/mol. The maximum atomic E-state index is 13.8. The van der Waals surface area contributed by atoms with Crippen molar-refractivity contribution in [2.45, 2.75) is 6.54 Å². The lowest BCUT2D eigenvalue weighted by Crippen LogP contribution is -2.15. The normalized spacial score (nSPS) is 10.8. The van der Waals surface area contributed by atoms with E-state index < -0.39 is 5.82 Å². The third-order valence-corrected chi connectivity index (χ3v) is 3.16. The number of benzene rings is 2. The Kier molecular flexibility index (Phi) is 4.53. The van der Waals surface area contributed by atoms with Gasteiger partial charge in [-0.3, -0.25) is 4.79 Å². The van der Waals surface area contributed by atoms with E-state index in [4.69, 9.17) is 11.6 Å². The number of hydrogen-bond acceptors (Lipinski definition) is 2. The molecule has 0 heterocycles. The molecule has 0 bridgehead atoms. The second-order valence-corrected chi connectivity index (χ2v) is 5.28. The predicted molar refractivity (Wildman–Crippen MR) is 78.7 cm³/mol. The Morgan fingerprint density at radius 1 is 1.15 bits per heavy atom. The summed E-state index contributed by atoms with van der Waals surface area (Å²) in [5, 5.41) is 0.465. The summed E-state index contributed by atoms with van der Waals surface area (Å²) in [6, 6.07) is 11.1. The van der Waals surface area contributed by atoms with Crippen LogP contribution < -0.4 is 0 Å². The summed E-state index contributed by atoms with van der Waals surface area (Å²) in [5.41, 5.74) is 1.33. The molecule has 0 aliphatic carbocycles. The lowest BCUT2D eigenvalue weighted by Gasteiger charge is -2.14. The zero-order valence-electron chi connectivity index (χ0n) is 11.4. The van der Waals surface area contributed by atoms with Gasteiger partial charge in [-0.05, 0) is 43.9 Å². The average Bonchev–Trinajstić information content (AvgIpc) is 2.40. The molecule has 0 atom stereocenters. The minimum atomic E-state index is -0.520. The number of carbonyl (C=O) groups excluding carboxylic acids is 1. The highest BCUT2D eigenvalue weighted by molar-refractivity contribution is 6.31. The minimum Gasteiger partial charge on any atom is -0.305 e. The first kappa shape index (κ1) is 14.7. The van der Waals surface area contributed by atoms with Crippen LogP contribution in [0.25, 0.3) is 0 Å². The molecule has 20 heavy (non-hydrogen) atoms. The minimum absolute atomic E-state index is 0.0646. The molecule has 0 aliphatic rings. The van der Waals surface area contributed by atoms with Gasteiger partial charge in [0.25, 0.3) is 0 Å². The smallest absolute Gasteiger partial charge is 0.196 e. The molecule has 0 fully saturated rings. The van der Waals surface area contributed by atoms with Gasteiger partial charge in [-0.15, -0.1) is 0 Å². The van der Waals surface area contributed by atoms with Crippen LogP contribution in [0.3, 0.4) is 0 Å². The van der Waals surface area contributed by atoms with Crippen molar-refractivity contribution in [2.75, 3.05) is 14.1 Å². The third kappa shape index (κ3) is 3.24. The van der Waals surface area contributed by atoms with Gasteiger partial charge in [0.15, 0.2) is 5.78 Å². The standard InChI is InChI=1S/C16H15ClFNO/c1-19(2)10-11-7-8-12(17)9-14(11)16(20)13-5-3-4-6-15(13)18/h3-9H,10H2,1-2H3. The van der Waals surface area contributed by atoms with Crippen molar-refractivity contribution in [2.24, 2.45) is 0 Å². The molecule has 2 rings (SSSR count). The van der Waals surface area contributed by atoms with Crippen LogP contribution in [0.1, 0.15) is 21.5 Å². The summed E-state index contributed by atoms with van der Waals surface area (Å²) in [4.78, 5) is 14.5. The van der Waals surface area contributed by atoms with Crippen LogP contribution in [0, 0.1) is 5.82 Å². The van der Waals surface area contributed by atoms with Crippen LogP contribution in [0.15, 0.2) is 42.5 Å². The maximum Gasteiger partial charge on any atom is 0.196 e. The lowest BCUT2D eigenvalue weighted by molar-refractivity contribution is 0.103. The fourth-order valence-electron chi connectivity index (χ4n) is 2.03. The van der Waals surface area contributed by atoms with Crippen molar-refractivity contribution in [3.05, 3.63) is 70.0 Å². The summed E-state index contributed by atoms with van der Waals surface area (Å²) >= 11 is 5.97. The molecule has 0 radical (unpaired) electrons. The molecule has 0 saturated heterocycles. The second-order valence-electron chi connectivity index (χ2n) is 4.85. The molecule has 4 heteroatoms. The van der Waals surface area contributed by atoms with Crippen LogP contribution in [0.5, 0.6) is 0 Å². The van der Waals surface area contributed by atoms with E-state index in [0.29, 0.717) is 17.1 Å². The molecule has 2 aromatic carbocycles.